The Bertz CT molecular complexity index is 1190. The van der Waals surface area contributed by atoms with Crippen LogP contribution in [-0.2, 0) is 0 Å². The SMILES string of the molecule is CC[NH+](CC)CCCNC(=O)c1cc2c([nH]c3ccccc32)c(-c2ccc(C)cc2)n1. The standard InChI is InChI=1S/C26H30N4O/c1-4-30(5-2)16-8-15-27-26(31)23-17-21-20-9-6-7-10-22(20)28-25(21)24(29-23)19-13-11-18(3)12-14-19/h6-7,9-14,17,28H,4-5,8,15-16H2,1-3H3,(H,27,31)/p+1. The summed E-state index contributed by atoms with van der Waals surface area (Å²) in [7, 11) is 0. The molecule has 5 heteroatoms. The van der Waals surface area contributed by atoms with Crippen molar-refractivity contribution in [1.29, 1.82) is 0 Å². The predicted octanol–water partition coefficient (Wildman–Crippen LogP) is 3.74. The van der Waals surface area contributed by atoms with Crippen LogP contribution in [0.1, 0.15) is 36.3 Å². The number of H-pyrrole nitrogens is 1. The molecule has 0 radical (unpaired) electrons. The molecule has 0 bridgehead atoms. The van der Waals surface area contributed by atoms with E-state index in [0.29, 0.717) is 12.2 Å². The van der Waals surface area contributed by atoms with E-state index in [0.717, 1.165) is 59.1 Å². The summed E-state index contributed by atoms with van der Waals surface area (Å²) in [5.74, 6) is -0.116. The molecule has 1 amide bonds. The molecular formula is C26H31N4O+. The number of hydrogen-bond donors (Lipinski definition) is 3. The number of aromatic amines is 1. The summed E-state index contributed by atoms with van der Waals surface area (Å²) >= 11 is 0. The third-order valence-corrected chi connectivity index (χ3v) is 6.05. The molecule has 0 saturated carbocycles. The molecule has 0 aliphatic heterocycles. The van der Waals surface area contributed by atoms with Crippen molar-refractivity contribution in [2.24, 2.45) is 0 Å². The molecule has 2 aromatic heterocycles. The number of amides is 1. The van der Waals surface area contributed by atoms with Gasteiger partial charge in [-0.3, -0.25) is 4.79 Å². The lowest BCUT2D eigenvalue weighted by molar-refractivity contribution is -0.896. The highest BCUT2D eigenvalue weighted by Crippen LogP contribution is 2.32. The third kappa shape index (κ3) is 4.47. The Hall–Kier alpha value is -3.18. The van der Waals surface area contributed by atoms with Crippen molar-refractivity contribution < 1.29 is 9.69 Å². The highest BCUT2D eigenvalue weighted by Gasteiger charge is 2.17. The maximum absolute atomic E-state index is 13.0. The van der Waals surface area contributed by atoms with E-state index < -0.39 is 0 Å². The lowest BCUT2D eigenvalue weighted by Gasteiger charge is -2.15. The largest absolute Gasteiger partial charge is 0.353 e. The van der Waals surface area contributed by atoms with Gasteiger partial charge in [-0.1, -0.05) is 48.0 Å². The number of aromatic nitrogens is 2. The first-order valence-electron chi connectivity index (χ1n) is 11.2. The molecule has 0 aliphatic carbocycles. The van der Waals surface area contributed by atoms with Gasteiger partial charge in [-0.15, -0.1) is 0 Å². The van der Waals surface area contributed by atoms with Crippen LogP contribution in [-0.4, -0.2) is 42.1 Å². The maximum Gasteiger partial charge on any atom is 0.269 e. The molecule has 0 fully saturated rings. The van der Waals surface area contributed by atoms with Gasteiger partial charge < -0.3 is 15.2 Å². The van der Waals surface area contributed by atoms with Crippen LogP contribution in [0.2, 0.25) is 0 Å². The number of para-hydroxylation sites is 1. The first-order valence-corrected chi connectivity index (χ1v) is 11.2. The zero-order valence-electron chi connectivity index (χ0n) is 18.6. The van der Waals surface area contributed by atoms with E-state index in [4.69, 9.17) is 4.98 Å². The zero-order valence-corrected chi connectivity index (χ0v) is 18.6. The second-order valence-corrected chi connectivity index (χ2v) is 8.13. The second kappa shape index (κ2) is 9.31. The predicted molar refractivity (Wildman–Crippen MR) is 128 cm³/mol. The fourth-order valence-electron chi connectivity index (χ4n) is 4.12. The fourth-order valence-corrected chi connectivity index (χ4v) is 4.12. The Kier molecular flexibility index (Phi) is 6.33. The number of rotatable bonds is 8. The van der Waals surface area contributed by atoms with Gasteiger partial charge in [0.25, 0.3) is 5.91 Å². The molecule has 5 nitrogen and oxygen atoms in total. The van der Waals surface area contributed by atoms with Gasteiger partial charge in [-0.2, -0.15) is 0 Å². The second-order valence-electron chi connectivity index (χ2n) is 8.13. The molecule has 160 valence electrons. The number of hydrogen-bond acceptors (Lipinski definition) is 2. The summed E-state index contributed by atoms with van der Waals surface area (Å²) in [5, 5.41) is 5.20. The molecule has 0 aliphatic rings. The van der Waals surface area contributed by atoms with E-state index in [9.17, 15) is 4.79 Å². The summed E-state index contributed by atoms with van der Waals surface area (Å²) in [6.07, 6.45) is 0.961. The van der Waals surface area contributed by atoms with Gasteiger partial charge in [0.05, 0.1) is 30.8 Å². The number of aryl methyl sites for hydroxylation is 1. The highest BCUT2D eigenvalue weighted by atomic mass is 16.1. The van der Waals surface area contributed by atoms with Crippen molar-refractivity contribution in [2.45, 2.75) is 27.2 Å². The van der Waals surface area contributed by atoms with Gasteiger partial charge in [-0.05, 0) is 32.9 Å². The minimum atomic E-state index is -0.116. The van der Waals surface area contributed by atoms with Gasteiger partial charge in [0, 0.05) is 34.8 Å². The van der Waals surface area contributed by atoms with Crippen LogP contribution in [0, 0.1) is 6.92 Å². The van der Waals surface area contributed by atoms with Crippen molar-refractivity contribution in [3.63, 3.8) is 0 Å². The molecule has 4 aromatic rings. The Labute approximate surface area is 183 Å². The molecular weight excluding hydrogens is 384 g/mol. The molecule has 2 heterocycles. The normalized spacial score (nSPS) is 11.5. The number of quaternary nitrogens is 1. The van der Waals surface area contributed by atoms with Crippen molar-refractivity contribution >= 4 is 27.7 Å². The van der Waals surface area contributed by atoms with E-state index in [2.05, 4.69) is 67.5 Å². The molecule has 31 heavy (non-hydrogen) atoms. The van der Waals surface area contributed by atoms with E-state index in [1.807, 2.05) is 18.2 Å². The monoisotopic (exact) mass is 415 g/mol. The average molecular weight is 416 g/mol. The van der Waals surface area contributed by atoms with Crippen molar-refractivity contribution in [1.82, 2.24) is 15.3 Å². The average Bonchev–Trinajstić information content (AvgIpc) is 3.18. The Morgan fingerprint density at radius 1 is 1.03 bits per heavy atom. The van der Waals surface area contributed by atoms with Crippen LogP contribution in [0.5, 0.6) is 0 Å². The first-order chi connectivity index (χ1) is 15.1. The van der Waals surface area contributed by atoms with Crippen LogP contribution in [0.15, 0.2) is 54.6 Å². The van der Waals surface area contributed by atoms with Crippen LogP contribution in [0.25, 0.3) is 33.1 Å². The molecule has 3 N–H and O–H groups in total. The maximum atomic E-state index is 13.0. The first kappa shape index (κ1) is 21.1. The number of fused-ring (bicyclic) bond motifs is 3. The molecule has 4 rings (SSSR count). The van der Waals surface area contributed by atoms with Gasteiger partial charge in [0.1, 0.15) is 5.69 Å². The lowest BCUT2D eigenvalue weighted by Crippen LogP contribution is -3.11. The highest BCUT2D eigenvalue weighted by molar-refractivity contribution is 6.13. The Balaban J connectivity index is 1.68. The van der Waals surface area contributed by atoms with Crippen molar-refractivity contribution in [3.05, 3.63) is 65.9 Å². The van der Waals surface area contributed by atoms with Crippen molar-refractivity contribution in [3.8, 4) is 11.3 Å². The summed E-state index contributed by atoms with van der Waals surface area (Å²) in [4.78, 5) is 22.8. The molecule has 0 unspecified atom stereocenters. The van der Waals surface area contributed by atoms with Gasteiger partial charge in [0.2, 0.25) is 0 Å². The number of carbonyl (C=O) groups is 1. The number of carbonyl (C=O) groups excluding carboxylic acids is 1. The summed E-state index contributed by atoms with van der Waals surface area (Å²) in [6.45, 7) is 10.4. The van der Waals surface area contributed by atoms with E-state index in [1.54, 1.807) is 4.90 Å². The quantitative estimate of drug-likeness (QED) is 0.384. The number of nitrogens with one attached hydrogen (secondary N) is 3. The van der Waals surface area contributed by atoms with Gasteiger partial charge in [-0.25, -0.2) is 4.98 Å². The van der Waals surface area contributed by atoms with Crippen molar-refractivity contribution in [2.75, 3.05) is 26.2 Å². The van der Waals surface area contributed by atoms with E-state index >= 15 is 0 Å². The minimum absolute atomic E-state index is 0.116. The number of pyridine rings is 1. The van der Waals surface area contributed by atoms with Crippen LogP contribution >= 0.6 is 0 Å². The molecule has 2 aromatic carbocycles. The topological polar surface area (TPSA) is 62.2 Å². The molecule has 0 saturated heterocycles. The number of nitrogens with zero attached hydrogens (tertiary/aromatic N) is 1. The van der Waals surface area contributed by atoms with E-state index in [-0.39, 0.29) is 5.91 Å². The number of benzene rings is 2. The molecule has 0 atom stereocenters. The fraction of sp³-hybridized carbons (Fsp3) is 0.308. The van der Waals surface area contributed by atoms with Crippen LogP contribution in [0.3, 0.4) is 0 Å². The smallest absolute Gasteiger partial charge is 0.269 e. The van der Waals surface area contributed by atoms with E-state index in [1.165, 1.54) is 5.56 Å². The summed E-state index contributed by atoms with van der Waals surface area (Å²) < 4.78 is 0. The third-order valence-electron chi connectivity index (χ3n) is 6.05. The summed E-state index contributed by atoms with van der Waals surface area (Å²) in [6, 6.07) is 18.4. The van der Waals surface area contributed by atoms with Gasteiger partial charge >= 0.3 is 0 Å². The summed E-state index contributed by atoms with van der Waals surface area (Å²) in [5.41, 5.74) is 5.48. The lowest BCUT2D eigenvalue weighted by atomic mass is 10.1. The van der Waals surface area contributed by atoms with Gasteiger partial charge in [0.15, 0.2) is 0 Å². The zero-order chi connectivity index (χ0) is 21.8. The Morgan fingerprint density at radius 3 is 2.52 bits per heavy atom. The Morgan fingerprint density at radius 2 is 1.77 bits per heavy atom. The van der Waals surface area contributed by atoms with Crippen LogP contribution in [0.4, 0.5) is 0 Å². The molecule has 0 spiro atoms. The van der Waals surface area contributed by atoms with Crippen LogP contribution < -0.4 is 10.2 Å². The minimum Gasteiger partial charge on any atom is -0.353 e.